The van der Waals surface area contributed by atoms with Crippen molar-refractivity contribution in [3.05, 3.63) is 47.7 Å². The van der Waals surface area contributed by atoms with Gasteiger partial charge >= 0.3 is 0 Å². The van der Waals surface area contributed by atoms with Crippen molar-refractivity contribution < 1.29 is 46.7 Å². The summed E-state index contributed by atoms with van der Waals surface area (Å²) < 4.78 is 82.4. The van der Waals surface area contributed by atoms with Crippen LogP contribution in [0, 0.1) is 17.5 Å². The van der Waals surface area contributed by atoms with Crippen LogP contribution in [0.15, 0.2) is 24.5 Å². The molecule has 0 unspecified atom stereocenters. The molecule has 1 aliphatic carbocycles. The Hall–Kier alpha value is -3.05. The number of nitrogens with zero attached hydrogens (tertiary/aromatic N) is 6. The molecule has 2 aromatic heterocycles. The first-order valence-electron chi connectivity index (χ1n) is 12.0. The monoisotopic (exact) mass is 560 g/mol. The van der Waals surface area contributed by atoms with Gasteiger partial charge in [-0.2, -0.15) is 0 Å². The summed E-state index contributed by atoms with van der Waals surface area (Å²) >= 11 is 0. The molecule has 5 rings (SSSR count). The smallest absolute Gasteiger partial charge is 0.253 e. The number of hydrogen-bond donors (Lipinski definition) is 3. The van der Waals surface area contributed by atoms with Gasteiger partial charge in [0.05, 0.1) is 36.7 Å². The van der Waals surface area contributed by atoms with E-state index in [1.54, 1.807) is 0 Å². The van der Waals surface area contributed by atoms with E-state index in [1.165, 1.54) is 24.2 Å². The molecule has 5 atom stereocenters. The second-order valence-corrected chi connectivity index (χ2v) is 9.83. The molecule has 1 aromatic carbocycles. The van der Waals surface area contributed by atoms with Crippen molar-refractivity contribution in [2.24, 2.45) is 0 Å². The second kappa shape index (κ2) is 10.2. The summed E-state index contributed by atoms with van der Waals surface area (Å²) in [6.07, 6.45) is -2.87. The molecule has 3 heterocycles. The molecular formula is C23H25F5N6O5. The van der Waals surface area contributed by atoms with E-state index in [4.69, 9.17) is 9.47 Å². The van der Waals surface area contributed by atoms with Crippen LogP contribution in [0.25, 0.3) is 11.3 Å². The van der Waals surface area contributed by atoms with Crippen molar-refractivity contribution in [1.29, 1.82) is 0 Å². The molecule has 1 saturated heterocycles. The highest BCUT2D eigenvalue weighted by molar-refractivity contribution is 5.58. The predicted octanol–water partition coefficient (Wildman–Crippen LogP) is 0.990. The van der Waals surface area contributed by atoms with Gasteiger partial charge in [0.15, 0.2) is 17.5 Å². The number of ether oxygens (including phenoxy) is 2. The fraction of sp³-hybridized carbons (Fsp3) is 0.565. The van der Waals surface area contributed by atoms with Crippen LogP contribution in [0.4, 0.5) is 22.0 Å². The summed E-state index contributed by atoms with van der Waals surface area (Å²) in [5.41, 5.74) is -1.48. The van der Waals surface area contributed by atoms with Gasteiger partial charge in [-0.15, -0.1) is 10.2 Å². The number of rotatable bonds is 8. The molecule has 0 spiro atoms. The molecule has 0 amide bonds. The highest BCUT2D eigenvalue weighted by atomic mass is 19.3. The summed E-state index contributed by atoms with van der Waals surface area (Å²) in [5.74, 6) is -7.43. The van der Waals surface area contributed by atoms with Crippen LogP contribution in [-0.4, -0.2) is 96.0 Å². The van der Waals surface area contributed by atoms with Crippen LogP contribution < -0.4 is 0 Å². The van der Waals surface area contributed by atoms with Gasteiger partial charge in [0.2, 0.25) is 0 Å². The van der Waals surface area contributed by atoms with Crippen molar-refractivity contribution in [1.82, 2.24) is 30.0 Å². The Balaban J connectivity index is 1.41. The molecule has 3 aromatic rings. The van der Waals surface area contributed by atoms with Crippen LogP contribution in [0.2, 0.25) is 0 Å². The van der Waals surface area contributed by atoms with Gasteiger partial charge in [0.25, 0.3) is 5.92 Å². The minimum atomic E-state index is -2.92. The van der Waals surface area contributed by atoms with E-state index in [0.717, 1.165) is 16.8 Å². The standard InChI is InChI=1S/C23H25F5N6O5/c1-38-21-15(4-11-5-34(32-29-11)22(10-36)8-23(27,28)9-22)39-16(7-35)20(37)19(21)33-6-14(30-31-33)12-2-3-13(24)18(26)17(12)25/h2-3,5-6,15-16,19-21,35-37H,4,7-10H2,1H3/t15-,16-,19+,20+,21+/m1/s1. The number of alkyl halides is 2. The van der Waals surface area contributed by atoms with Gasteiger partial charge in [-0.05, 0) is 12.1 Å². The Morgan fingerprint density at radius 2 is 1.79 bits per heavy atom. The van der Waals surface area contributed by atoms with Crippen molar-refractivity contribution >= 4 is 0 Å². The number of benzene rings is 1. The van der Waals surface area contributed by atoms with E-state index in [-0.39, 0.29) is 17.7 Å². The molecule has 212 valence electrons. The van der Waals surface area contributed by atoms with Gasteiger partial charge in [-0.25, -0.2) is 31.3 Å². The molecule has 2 aliphatic rings. The molecule has 16 heteroatoms. The SMILES string of the molecule is CO[C@@H]1[C@@H](n2cc(-c3ccc(F)c(F)c3F)nn2)[C@@H](O)[C@@H](CO)O[C@@H]1Cc1cn(C2(CO)CC(F)(F)C2)nn1. The van der Waals surface area contributed by atoms with Crippen LogP contribution in [0.1, 0.15) is 24.6 Å². The van der Waals surface area contributed by atoms with E-state index in [2.05, 4.69) is 20.6 Å². The maximum absolute atomic E-state index is 14.3. The fourth-order valence-electron chi connectivity index (χ4n) is 5.29. The Morgan fingerprint density at radius 3 is 2.44 bits per heavy atom. The number of aliphatic hydroxyl groups excluding tert-OH is 3. The molecular weight excluding hydrogens is 535 g/mol. The Kier molecular flexibility index (Phi) is 7.17. The van der Waals surface area contributed by atoms with Crippen molar-refractivity contribution in [2.75, 3.05) is 20.3 Å². The van der Waals surface area contributed by atoms with Crippen LogP contribution in [0.5, 0.6) is 0 Å². The molecule has 1 saturated carbocycles. The Bertz CT molecular complexity index is 1330. The van der Waals surface area contributed by atoms with E-state index in [9.17, 15) is 37.3 Å². The summed E-state index contributed by atoms with van der Waals surface area (Å²) in [7, 11) is 1.33. The highest BCUT2D eigenvalue weighted by Gasteiger charge is 2.58. The third-order valence-corrected chi connectivity index (χ3v) is 7.27. The fourth-order valence-corrected chi connectivity index (χ4v) is 5.29. The number of halogens is 5. The first-order valence-corrected chi connectivity index (χ1v) is 12.0. The van der Waals surface area contributed by atoms with E-state index < -0.39 is 85.4 Å². The van der Waals surface area contributed by atoms with Crippen LogP contribution in [-0.2, 0) is 21.4 Å². The quantitative estimate of drug-likeness (QED) is 0.272. The van der Waals surface area contributed by atoms with Crippen molar-refractivity contribution in [3.63, 3.8) is 0 Å². The van der Waals surface area contributed by atoms with Crippen LogP contribution in [0.3, 0.4) is 0 Å². The molecule has 1 aliphatic heterocycles. The Labute approximate surface area is 217 Å². The van der Waals surface area contributed by atoms with E-state index in [0.29, 0.717) is 5.69 Å². The molecule has 2 fully saturated rings. The largest absolute Gasteiger partial charge is 0.394 e. The van der Waals surface area contributed by atoms with E-state index >= 15 is 0 Å². The summed E-state index contributed by atoms with van der Waals surface area (Å²) in [5, 5.41) is 46.2. The maximum Gasteiger partial charge on any atom is 0.253 e. The topological polar surface area (TPSA) is 141 Å². The Morgan fingerprint density at radius 1 is 1.05 bits per heavy atom. The predicted molar refractivity (Wildman–Crippen MR) is 120 cm³/mol. The van der Waals surface area contributed by atoms with Crippen LogP contribution >= 0.6 is 0 Å². The number of aliphatic hydroxyl groups is 3. The minimum Gasteiger partial charge on any atom is -0.394 e. The third kappa shape index (κ3) is 4.80. The average molecular weight is 560 g/mol. The molecule has 39 heavy (non-hydrogen) atoms. The summed E-state index contributed by atoms with van der Waals surface area (Å²) in [6, 6.07) is 0.700. The minimum absolute atomic E-state index is 0.00941. The van der Waals surface area contributed by atoms with Gasteiger partial charge < -0.3 is 24.8 Å². The molecule has 11 nitrogen and oxygen atoms in total. The first-order chi connectivity index (χ1) is 18.5. The van der Waals surface area contributed by atoms with Gasteiger partial charge in [-0.1, -0.05) is 10.4 Å². The lowest BCUT2D eigenvalue weighted by atomic mass is 9.74. The van der Waals surface area contributed by atoms with Crippen molar-refractivity contribution in [2.45, 2.75) is 61.2 Å². The zero-order valence-corrected chi connectivity index (χ0v) is 20.5. The van der Waals surface area contributed by atoms with Gasteiger partial charge in [0.1, 0.15) is 30.0 Å². The zero-order chi connectivity index (χ0) is 28.1. The van der Waals surface area contributed by atoms with Gasteiger partial charge in [0, 0.05) is 38.1 Å². The molecule has 0 bridgehead atoms. The zero-order valence-electron chi connectivity index (χ0n) is 20.5. The summed E-state index contributed by atoms with van der Waals surface area (Å²) in [4.78, 5) is 0. The normalized spacial score (nSPS) is 27.9. The lowest BCUT2D eigenvalue weighted by Gasteiger charge is -2.45. The van der Waals surface area contributed by atoms with E-state index in [1.807, 2.05) is 0 Å². The number of aromatic nitrogens is 6. The molecule has 3 N–H and O–H groups in total. The third-order valence-electron chi connectivity index (χ3n) is 7.27. The first kappa shape index (κ1) is 27.5. The van der Waals surface area contributed by atoms with Gasteiger partial charge in [-0.3, -0.25) is 0 Å². The number of methoxy groups -OCH3 is 1. The highest BCUT2D eigenvalue weighted by Crippen LogP contribution is 2.49. The lowest BCUT2D eigenvalue weighted by molar-refractivity contribution is -0.212. The lowest BCUT2D eigenvalue weighted by Crippen LogP contribution is -2.57. The second-order valence-electron chi connectivity index (χ2n) is 9.83. The summed E-state index contributed by atoms with van der Waals surface area (Å²) in [6.45, 7) is -1.15. The van der Waals surface area contributed by atoms with Crippen molar-refractivity contribution in [3.8, 4) is 11.3 Å². The average Bonchev–Trinajstić information content (AvgIpc) is 3.56. The molecule has 0 radical (unpaired) electrons. The number of hydrogen-bond acceptors (Lipinski definition) is 9. The maximum atomic E-state index is 14.3.